The molecule has 0 saturated carbocycles. The molecule has 0 amide bonds. The van der Waals surface area contributed by atoms with Crippen LogP contribution < -0.4 is 0 Å². The average Bonchev–Trinajstić information content (AvgIpc) is 3.40. The highest BCUT2D eigenvalue weighted by Crippen LogP contribution is 2.51. The number of fused-ring (bicyclic) bond motifs is 3. The van der Waals surface area contributed by atoms with Gasteiger partial charge in [0.15, 0.2) is 0 Å². The number of ether oxygens (including phenoxy) is 1. The molecule has 3 aliphatic heterocycles. The Balaban J connectivity index is 1.33. The maximum atomic E-state index is 13.3. The zero-order chi connectivity index (χ0) is 18.2. The van der Waals surface area contributed by atoms with Crippen LogP contribution in [-0.4, -0.2) is 46.8 Å². The maximum Gasteiger partial charge on any atom is 0.348 e. The molecule has 0 aromatic heterocycles. The Morgan fingerprint density at radius 3 is 1.96 bits per heavy atom. The highest BCUT2D eigenvalue weighted by Gasteiger charge is 2.62. The van der Waals surface area contributed by atoms with E-state index in [0.29, 0.717) is 23.2 Å². The van der Waals surface area contributed by atoms with Crippen LogP contribution in [0.25, 0.3) is 11.1 Å². The lowest BCUT2D eigenvalue weighted by molar-refractivity contribution is -0.846. The number of rotatable bonds is 2. The molecule has 6 rings (SSSR count). The summed E-state index contributed by atoms with van der Waals surface area (Å²) < 4.78 is 7.28. The summed E-state index contributed by atoms with van der Waals surface area (Å²) in [6.45, 7) is 2.61. The van der Waals surface area contributed by atoms with Crippen LogP contribution in [-0.2, 0) is 15.1 Å². The number of hydrogen-bond donors (Lipinski definition) is 1. The van der Waals surface area contributed by atoms with E-state index in [-0.39, 0.29) is 6.10 Å². The predicted molar refractivity (Wildman–Crippen MR) is 101 cm³/mol. The Bertz CT molecular complexity index is 887. The zero-order valence-electron chi connectivity index (χ0n) is 15.3. The van der Waals surface area contributed by atoms with Gasteiger partial charge < -0.3 is 14.3 Å². The van der Waals surface area contributed by atoms with Crippen LogP contribution in [0.1, 0.15) is 36.8 Å². The maximum absolute atomic E-state index is 13.3. The summed E-state index contributed by atoms with van der Waals surface area (Å²) in [5.41, 5.74) is 1.43. The summed E-state index contributed by atoms with van der Waals surface area (Å²) in [7, 11) is 0. The molecule has 4 aliphatic rings. The van der Waals surface area contributed by atoms with Crippen LogP contribution in [0.2, 0.25) is 0 Å². The van der Waals surface area contributed by atoms with Crippen molar-refractivity contribution in [2.24, 2.45) is 0 Å². The van der Waals surface area contributed by atoms with E-state index in [1.807, 2.05) is 48.5 Å². The largest absolute Gasteiger partial charge is 0.459 e. The molecule has 1 N–H and O–H groups in total. The molecule has 2 aromatic rings. The van der Waals surface area contributed by atoms with Crippen LogP contribution in [0.15, 0.2) is 48.5 Å². The van der Waals surface area contributed by atoms with Gasteiger partial charge in [-0.2, -0.15) is 0 Å². The Morgan fingerprint density at radius 2 is 1.44 bits per heavy atom. The van der Waals surface area contributed by atoms with Crippen molar-refractivity contribution < 1.29 is 19.1 Å². The van der Waals surface area contributed by atoms with E-state index in [0.717, 1.165) is 24.0 Å². The summed E-state index contributed by atoms with van der Waals surface area (Å²) in [5.74, 6) is -0.511. The first-order valence-corrected chi connectivity index (χ1v) is 10.1. The molecular weight excluding hydrogens is 338 g/mol. The second-order valence-electron chi connectivity index (χ2n) is 8.74. The van der Waals surface area contributed by atoms with Gasteiger partial charge in [0.1, 0.15) is 19.2 Å². The lowest BCUT2D eigenvalue weighted by Crippen LogP contribution is -2.49. The van der Waals surface area contributed by atoms with E-state index in [1.165, 1.54) is 30.4 Å². The molecule has 2 atom stereocenters. The van der Waals surface area contributed by atoms with Crippen molar-refractivity contribution in [2.75, 3.05) is 13.1 Å². The van der Waals surface area contributed by atoms with Crippen molar-refractivity contribution >= 4 is 5.97 Å². The highest BCUT2D eigenvalue weighted by atomic mass is 16.6. The van der Waals surface area contributed by atoms with E-state index in [4.69, 9.17) is 4.74 Å². The molecule has 3 saturated heterocycles. The normalized spacial score (nSPS) is 30.6. The van der Waals surface area contributed by atoms with Crippen molar-refractivity contribution in [1.29, 1.82) is 0 Å². The number of quaternary nitrogens is 1. The molecule has 3 fully saturated rings. The summed E-state index contributed by atoms with van der Waals surface area (Å²) in [6, 6.07) is 16.6. The van der Waals surface area contributed by atoms with E-state index < -0.39 is 11.6 Å². The minimum atomic E-state index is -1.70. The van der Waals surface area contributed by atoms with Gasteiger partial charge >= 0.3 is 5.97 Å². The molecule has 2 aromatic carbocycles. The third kappa shape index (κ3) is 1.97. The lowest BCUT2D eigenvalue weighted by Gasteiger charge is -2.37. The topological polar surface area (TPSA) is 46.5 Å². The molecule has 2 bridgehead atoms. The van der Waals surface area contributed by atoms with Gasteiger partial charge in [0.25, 0.3) is 0 Å². The Morgan fingerprint density at radius 1 is 0.926 bits per heavy atom. The summed E-state index contributed by atoms with van der Waals surface area (Å²) in [5, 5.41) is 11.6. The van der Waals surface area contributed by atoms with Gasteiger partial charge in [0, 0.05) is 36.8 Å². The number of nitrogens with zero attached hydrogens (tertiary/aromatic N) is 1. The van der Waals surface area contributed by atoms with Gasteiger partial charge in [-0.15, -0.1) is 0 Å². The molecule has 0 radical (unpaired) electrons. The molecule has 27 heavy (non-hydrogen) atoms. The molecule has 1 spiro atoms. The van der Waals surface area contributed by atoms with Gasteiger partial charge in [0.2, 0.25) is 5.60 Å². The Hall–Kier alpha value is -2.17. The minimum absolute atomic E-state index is 0.0664. The predicted octanol–water partition coefficient (Wildman–Crippen LogP) is 2.97. The van der Waals surface area contributed by atoms with E-state index in [9.17, 15) is 9.90 Å². The molecule has 138 valence electrons. The fraction of sp³-hybridized carbons (Fsp3) is 0.435. The zero-order valence-corrected chi connectivity index (χ0v) is 15.3. The van der Waals surface area contributed by atoms with E-state index in [1.54, 1.807) is 0 Å². The fourth-order valence-corrected chi connectivity index (χ4v) is 6.17. The van der Waals surface area contributed by atoms with Gasteiger partial charge in [-0.25, -0.2) is 4.79 Å². The standard InChI is InChI=1S/C23H24NO3/c25-22(27-17-13-15-9-10-16(14-17)24(15)11-12-24)23(26)20-7-3-1-5-18(20)19-6-2-4-8-21(19)23/h1-8,15-17,26H,9-14H2/q+1. The second-order valence-corrected chi connectivity index (χ2v) is 8.74. The van der Waals surface area contributed by atoms with Crippen molar-refractivity contribution in [3.8, 4) is 11.1 Å². The third-order valence-electron chi connectivity index (χ3n) is 7.59. The first-order valence-electron chi connectivity index (χ1n) is 10.1. The smallest absolute Gasteiger partial charge is 0.348 e. The van der Waals surface area contributed by atoms with Crippen molar-refractivity contribution in [2.45, 2.75) is 49.5 Å². The second kappa shape index (κ2) is 5.21. The van der Waals surface area contributed by atoms with Gasteiger partial charge in [-0.05, 0) is 11.1 Å². The average molecular weight is 362 g/mol. The van der Waals surface area contributed by atoms with Crippen molar-refractivity contribution in [3.05, 3.63) is 59.7 Å². The lowest BCUT2D eigenvalue weighted by atomic mass is 9.91. The number of carbonyl (C=O) groups excluding carboxylic acids is 1. The molecule has 4 heteroatoms. The van der Waals surface area contributed by atoms with Crippen LogP contribution in [0.4, 0.5) is 0 Å². The Kier molecular flexibility index (Phi) is 3.06. The quantitative estimate of drug-likeness (QED) is 0.508. The Labute approximate surface area is 159 Å². The number of aliphatic hydroxyl groups is 1. The number of esters is 1. The molecule has 1 aliphatic carbocycles. The van der Waals surface area contributed by atoms with Gasteiger partial charge in [0.05, 0.1) is 12.1 Å². The van der Waals surface area contributed by atoms with Crippen molar-refractivity contribution in [1.82, 2.24) is 0 Å². The van der Waals surface area contributed by atoms with Crippen LogP contribution in [0.5, 0.6) is 0 Å². The minimum Gasteiger partial charge on any atom is -0.459 e. The molecule has 4 nitrogen and oxygen atoms in total. The van der Waals surface area contributed by atoms with Gasteiger partial charge in [-0.1, -0.05) is 48.5 Å². The molecule has 2 unspecified atom stereocenters. The summed E-state index contributed by atoms with van der Waals surface area (Å²) in [6.07, 6.45) is 4.34. The van der Waals surface area contributed by atoms with Crippen LogP contribution >= 0.6 is 0 Å². The molecular formula is C23H24NO3+. The third-order valence-corrected chi connectivity index (χ3v) is 7.59. The highest BCUT2D eigenvalue weighted by molar-refractivity contribution is 5.96. The van der Waals surface area contributed by atoms with Gasteiger partial charge in [-0.3, -0.25) is 0 Å². The summed E-state index contributed by atoms with van der Waals surface area (Å²) in [4.78, 5) is 13.3. The first kappa shape index (κ1) is 15.8. The van der Waals surface area contributed by atoms with Crippen LogP contribution in [0.3, 0.4) is 0 Å². The monoisotopic (exact) mass is 362 g/mol. The number of hydrogen-bond acceptors (Lipinski definition) is 3. The number of piperidine rings is 1. The van der Waals surface area contributed by atoms with Crippen molar-refractivity contribution in [3.63, 3.8) is 0 Å². The first-order chi connectivity index (χ1) is 13.1. The SMILES string of the molecule is O=C(OC1CC2CCC(C1)[N+]21CC1)C1(O)c2ccccc2-c2ccccc21. The fourth-order valence-electron chi connectivity index (χ4n) is 6.17. The van der Waals surface area contributed by atoms with Crippen LogP contribution in [0, 0.1) is 0 Å². The summed E-state index contributed by atoms with van der Waals surface area (Å²) >= 11 is 0. The number of benzene rings is 2. The van der Waals surface area contributed by atoms with E-state index in [2.05, 4.69) is 0 Å². The number of carbonyl (C=O) groups is 1. The molecule has 3 heterocycles. The van der Waals surface area contributed by atoms with E-state index >= 15 is 0 Å².